The molecule has 0 bridgehead atoms. The molecule has 0 fully saturated rings. The Balaban J connectivity index is 2.00. The molecule has 0 aliphatic heterocycles. The van der Waals surface area contributed by atoms with Gasteiger partial charge in [-0.15, -0.1) is 0 Å². The van der Waals surface area contributed by atoms with Gasteiger partial charge in [-0.1, -0.05) is 44.2 Å². The Morgan fingerprint density at radius 2 is 2.00 bits per heavy atom. The molecule has 2 rings (SSSR count). The fourth-order valence-corrected chi connectivity index (χ4v) is 2.61. The Labute approximate surface area is 127 Å². The van der Waals surface area contributed by atoms with Crippen LogP contribution >= 0.6 is 0 Å². The van der Waals surface area contributed by atoms with E-state index in [0.717, 1.165) is 44.7 Å². The van der Waals surface area contributed by atoms with E-state index in [0.29, 0.717) is 5.92 Å². The highest BCUT2D eigenvalue weighted by atomic mass is 15.3. The molecule has 0 radical (unpaired) electrons. The molecule has 21 heavy (non-hydrogen) atoms. The normalized spacial score (nSPS) is 12.5. The van der Waals surface area contributed by atoms with Crippen LogP contribution in [0.2, 0.25) is 0 Å². The van der Waals surface area contributed by atoms with Crippen molar-refractivity contribution in [2.45, 2.75) is 45.6 Å². The van der Waals surface area contributed by atoms with Crippen LogP contribution in [0.4, 0.5) is 0 Å². The first-order valence-electron chi connectivity index (χ1n) is 7.97. The van der Waals surface area contributed by atoms with Gasteiger partial charge in [0.05, 0.1) is 0 Å². The highest BCUT2D eigenvalue weighted by Gasteiger charge is 2.13. The van der Waals surface area contributed by atoms with Gasteiger partial charge in [-0.2, -0.15) is 5.10 Å². The van der Waals surface area contributed by atoms with Gasteiger partial charge in [-0.3, -0.25) is 4.68 Å². The molecule has 0 saturated heterocycles. The van der Waals surface area contributed by atoms with E-state index in [1.165, 1.54) is 5.56 Å². The second kappa shape index (κ2) is 8.57. The molecule has 0 aliphatic rings. The standard InChI is InChI=1S/C17H26N4/c1-3-12-21-17(19-14-20-21)11-10-16(13-18-4-2)15-8-6-5-7-9-15/h5-9,14,16,18H,3-4,10-13H2,1-2H3. The van der Waals surface area contributed by atoms with Crippen molar-refractivity contribution in [2.75, 3.05) is 13.1 Å². The maximum atomic E-state index is 4.41. The number of likely N-dealkylation sites (N-methyl/N-ethyl adjacent to an activating group) is 1. The molecular formula is C17H26N4. The Morgan fingerprint density at radius 1 is 1.19 bits per heavy atom. The molecule has 4 heteroatoms. The molecule has 114 valence electrons. The van der Waals surface area contributed by atoms with Crippen molar-refractivity contribution in [3.05, 3.63) is 48.0 Å². The molecule has 0 saturated carbocycles. The van der Waals surface area contributed by atoms with Crippen LogP contribution in [0.1, 0.15) is 44.0 Å². The van der Waals surface area contributed by atoms with Crippen molar-refractivity contribution < 1.29 is 0 Å². The van der Waals surface area contributed by atoms with Gasteiger partial charge in [0, 0.05) is 19.5 Å². The van der Waals surface area contributed by atoms with Crippen molar-refractivity contribution in [1.29, 1.82) is 0 Å². The summed E-state index contributed by atoms with van der Waals surface area (Å²) in [4.78, 5) is 4.41. The monoisotopic (exact) mass is 286 g/mol. The predicted molar refractivity (Wildman–Crippen MR) is 86.4 cm³/mol. The third kappa shape index (κ3) is 4.67. The molecule has 0 aliphatic carbocycles. The van der Waals surface area contributed by atoms with Crippen LogP contribution in [-0.4, -0.2) is 27.9 Å². The Hall–Kier alpha value is -1.68. The molecule has 1 N–H and O–H groups in total. The molecular weight excluding hydrogens is 260 g/mol. The van der Waals surface area contributed by atoms with E-state index < -0.39 is 0 Å². The zero-order valence-electron chi connectivity index (χ0n) is 13.1. The Morgan fingerprint density at radius 3 is 2.71 bits per heavy atom. The summed E-state index contributed by atoms with van der Waals surface area (Å²) in [6, 6.07) is 10.8. The molecule has 1 atom stereocenters. The van der Waals surface area contributed by atoms with Crippen LogP contribution in [0.3, 0.4) is 0 Å². The van der Waals surface area contributed by atoms with Gasteiger partial charge < -0.3 is 5.32 Å². The van der Waals surface area contributed by atoms with Crippen molar-refractivity contribution in [1.82, 2.24) is 20.1 Å². The van der Waals surface area contributed by atoms with Gasteiger partial charge in [-0.25, -0.2) is 4.98 Å². The smallest absolute Gasteiger partial charge is 0.138 e. The van der Waals surface area contributed by atoms with Crippen molar-refractivity contribution >= 4 is 0 Å². The minimum atomic E-state index is 0.526. The van der Waals surface area contributed by atoms with Gasteiger partial charge in [0.25, 0.3) is 0 Å². The summed E-state index contributed by atoms with van der Waals surface area (Å²) in [5, 5.41) is 7.78. The quantitative estimate of drug-likeness (QED) is 0.770. The number of aromatic nitrogens is 3. The van der Waals surface area contributed by atoms with Crippen LogP contribution in [-0.2, 0) is 13.0 Å². The first kappa shape index (κ1) is 15.7. The van der Waals surface area contributed by atoms with Crippen molar-refractivity contribution in [3.8, 4) is 0 Å². The molecule has 1 aromatic heterocycles. The lowest BCUT2D eigenvalue weighted by Gasteiger charge is -2.17. The van der Waals surface area contributed by atoms with Gasteiger partial charge in [-0.05, 0) is 30.9 Å². The average Bonchev–Trinajstić information content (AvgIpc) is 2.96. The van der Waals surface area contributed by atoms with E-state index in [-0.39, 0.29) is 0 Å². The van der Waals surface area contributed by atoms with Gasteiger partial charge in [0.1, 0.15) is 12.2 Å². The maximum Gasteiger partial charge on any atom is 0.138 e. The number of hydrogen-bond donors (Lipinski definition) is 1. The van der Waals surface area contributed by atoms with Crippen LogP contribution < -0.4 is 5.32 Å². The minimum Gasteiger partial charge on any atom is -0.316 e. The van der Waals surface area contributed by atoms with Crippen molar-refractivity contribution in [3.63, 3.8) is 0 Å². The van der Waals surface area contributed by atoms with E-state index in [9.17, 15) is 0 Å². The number of nitrogens with one attached hydrogen (secondary N) is 1. The second-order valence-corrected chi connectivity index (χ2v) is 5.35. The number of hydrogen-bond acceptors (Lipinski definition) is 3. The van der Waals surface area contributed by atoms with Crippen molar-refractivity contribution in [2.24, 2.45) is 0 Å². The molecule has 1 heterocycles. The summed E-state index contributed by atoms with van der Waals surface area (Å²) >= 11 is 0. The van der Waals surface area contributed by atoms with Crippen LogP contribution in [0.15, 0.2) is 36.7 Å². The average molecular weight is 286 g/mol. The zero-order chi connectivity index (χ0) is 14.9. The summed E-state index contributed by atoms with van der Waals surface area (Å²) < 4.78 is 2.04. The summed E-state index contributed by atoms with van der Waals surface area (Å²) in [7, 11) is 0. The predicted octanol–water partition coefficient (Wildman–Crippen LogP) is 3.01. The van der Waals surface area contributed by atoms with E-state index >= 15 is 0 Å². The summed E-state index contributed by atoms with van der Waals surface area (Å²) in [6.07, 6.45) is 4.84. The SMILES string of the molecule is CCCn1ncnc1CCC(CNCC)c1ccccc1. The van der Waals surface area contributed by atoms with Crippen LogP contribution in [0, 0.1) is 0 Å². The molecule has 4 nitrogen and oxygen atoms in total. The number of rotatable bonds is 9. The van der Waals surface area contributed by atoms with Crippen LogP contribution in [0.5, 0.6) is 0 Å². The van der Waals surface area contributed by atoms with E-state index in [1.54, 1.807) is 6.33 Å². The first-order valence-corrected chi connectivity index (χ1v) is 7.97. The topological polar surface area (TPSA) is 42.7 Å². The second-order valence-electron chi connectivity index (χ2n) is 5.35. The lowest BCUT2D eigenvalue weighted by molar-refractivity contribution is 0.522. The van der Waals surface area contributed by atoms with E-state index in [4.69, 9.17) is 0 Å². The maximum absolute atomic E-state index is 4.41. The summed E-state index contributed by atoms with van der Waals surface area (Å²) in [5.41, 5.74) is 1.40. The molecule has 0 amide bonds. The van der Waals surface area contributed by atoms with E-state index in [1.807, 2.05) is 4.68 Å². The Bertz CT molecular complexity index is 507. The van der Waals surface area contributed by atoms with Gasteiger partial charge in [0.2, 0.25) is 0 Å². The zero-order valence-corrected chi connectivity index (χ0v) is 13.1. The number of benzene rings is 1. The third-order valence-electron chi connectivity index (χ3n) is 3.76. The lowest BCUT2D eigenvalue weighted by Crippen LogP contribution is -2.22. The van der Waals surface area contributed by atoms with E-state index in [2.05, 4.69) is 59.6 Å². The lowest BCUT2D eigenvalue weighted by atomic mass is 9.94. The molecule has 1 aromatic carbocycles. The third-order valence-corrected chi connectivity index (χ3v) is 3.76. The minimum absolute atomic E-state index is 0.526. The number of nitrogens with zero attached hydrogens (tertiary/aromatic N) is 3. The molecule has 2 aromatic rings. The summed E-state index contributed by atoms with van der Waals surface area (Å²) in [6.45, 7) is 7.31. The molecule has 1 unspecified atom stereocenters. The summed E-state index contributed by atoms with van der Waals surface area (Å²) in [5.74, 6) is 1.63. The molecule has 0 spiro atoms. The fraction of sp³-hybridized carbons (Fsp3) is 0.529. The fourth-order valence-electron chi connectivity index (χ4n) is 2.61. The number of aryl methyl sites for hydroxylation is 2. The highest BCUT2D eigenvalue weighted by molar-refractivity contribution is 5.20. The largest absolute Gasteiger partial charge is 0.316 e. The highest BCUT2D eigenvalue weighted by Crippen LogP contribution is 2.20. The van der Waals surface area contributed by atoms with Gasteiger partial charge in [0.15, 0.2) is 0 Å². The Kier molecular flexibility index (Phi) is 6.41. The van der Waals surface area contributed by atoms with Gasteiger partial charge >= 0.3 is 0 Å². The van der Waals surface area contributed by atoms with Crippen LogP contribution in [0.25, 0.3) is 0 Å². The first-order chi connectivity index (χ1) is 10.3.